The van der Waals surface area contributed by atoms with Crippen molar-refractivity contribution in [2.75, 3.05) is 64.8 Å². The minimum absolute atomic E-state index is 0. The molecule has 0 aliphatic carbocycles. The molecule has 154 valence electrons. The maximum absolute atomic E-state index is 4.41. The molecule has 0 radical (unpaired) electrons. The van der Waals surface area contributed by atoms with E-state index in [2.05, 4.69) is 59.5 Å². The van der Waals surface area contributed by atoms with E-state index in [0.29, 0.717) is 0 Å². The van der Waals surface area contributed by atoms with Crippen molar-refractivity contribution in [2.24, 2.45) is 4.99 Å². The van der Waals surface area contributed by atoms with Gasteiger partial charge in [0.1, 0.15) is 0 Å². The molecule has 1 aliphatic heterocycles. The summed E-state index contributed by atoms with van der Waals surface area (Å²) in [6.07, 6.45) is 4.66. The molecule has 28 heavy (non-hydrogen) atoms. The molecule has 0 aromatic carbocycles. The maximum Gasteiger partial charge on any atom is 0.225 e. The largest absolute Gasteiger partial charge is 0.355 e. The molecule has 9 heteroatoms. The molecule has 3 heterocycles. The molecule has 0 unspecified atom stereocenters. The lowest BCUT2D eigenvalue weighted by molar-refractivity contribution is 0.259. The average Bonchev–Trinajstić information content (AvgIpc) is 3.24. The van der Waals surface area contributed by atoms with Crippen LogP contribution in [-0.2, 0) is 6.42 Å². The van der Waals surface area contributed by atoms with Crippen molar-refractivity contribution in [2.45, 2.75) is 6.42 Å². The third kappa shape index (κ3) is 6.85. The Kier molecular flexibility index (Phi) is 9.93. The fraction of sp³-hybridized carbons (Fsp3) is 0.526. The number of hydrogen-bond donors (Lipinski definition) is 1. The maximum atomic E-state index is 4.41. The van der Waals surface area contributed by atoms with E-state index in [-0.39, 0.29) is 24.0 Å². The predicted molar refractivity (Wildman–Crippen MR) is 128 cm³/mol. The molecule has 3 rings (SSSR count). The number of nitrogens with one attached hydrogen (secondary N) is 1. The number of likely N-dealkylation sites (N-methyl/N-ethyl adjacent to an activating group) is 1. The van der Waals surface area contributed by atoms with Gasteiger partial charge in [0.2, 0.25) is 5.95 Å². The van der Waals surface area contributed by atoms with Gasteiger partial charge in [-0.05, 0) is 23.9 Å². The van der Waals surface area contributed by atoms with E-state index >= 15 is 0 Å². The number of rotatable bonds is 7. The fourth-order valence-electron chi connectivity index (χ4n) is 3.18. The number of aromatic nitrogens is 2. The molecular weight excluding hydrogens is 485 g/mol. The van der Waals surface area contributed by atoms with Gasteiger partial charge >= 0.3 is 0 Å². The Labute approximate surface area is 188 Å². The van der Waals surface area contributed by atoms with E-state index in [4.69, 9.17) is 0 Å². The summed E-state index contributed by atoms with van der Waals surface area (Å²) in [4.78, 5) is 21.4. The first-order chi connectivity index (χ1) is 13.3. The summed E-state index contributed by atoms with van der Waals surface area (Å²) in [7, 11) is 3.95. The second-order valence-electron chi connectivity index (χ2n) is 6.60. The molecule has 1 N–H and O–H groups in total. The second-order valence-corrected chi connectivity index (χ2v) is 7.63. The van der Waals surface area contributed by atoms with E-state index in [0.717, 1.165) is 64.1 Å². The highest BCUT2D eigenvalue weighted by atomic mass is 127. The minimum Gasteiger partial charge on any atom is -0.355 e. The van der Waals surface area contributed by atoms with Gasteiger partial charge in [-0.1, -0.05) is 6.07 Å². The number of hydrogen-bond acceptors (Lipinski definition) is 6. The van der Waals surface area contributed by atoms with E-state index in [1.807, 2.05) is 24.5 Å². The van der Waals surface area contributed by atoms with Gasteiger partial charge in [-0.2, -0.15) is 0 Å². The highest BCUT2D eigenvalue weighted by molar-refractivity contribution is 14.0. The molecule has 0 amide bonds. The van der Waals surface area contributed by atoms with E-state index < -0.39 is 0 Å². The first-order valence-electron chi connectivity index (χ1n) is 9.45. The van der Waals surface area contributed by atoms with E-state index in [1.54, 1.807) is 12.4 Å². The van der Waals surface area contributed by atoms with Crippen molar-refractivity contribution in [1.82, 2.24) is 25.1 Å². The Morgan fingerprint density at radius 1 is 1.21 bits per heavy atom. The molecule has 1 aliphatic rings. The molecule has 0 saturated carbocycles. The Balaban J connectivity index is 0.00000280. The number of halogens is 1. The van der Waals surface area contributed by atoms with Crippen molar-refractivity contribution in [3.63, 3.8) is 0 Å². The van der Waals surface area contributed by atoms with Crippen LogP contribution in [0.15, 0.2) is 41.0 Å². The highest BCUT2D eigenvalue weighted by Gasteiger charge is 2.18. The van der Waals surface area contributed by atoms with Crippen LogP contribution in [-0.4, -0.2) is 85.6 Å². The van der Waals surface area contributed by atoms with Crippen molar-refractivity contribution >= 4 is 47.2 Å². The lowest BCUT2D eigenvalue weighted by Gasteiger charge is -2.34. The third-order valence-electron chi connectivity index (χ3n) is 4.77. The molecule has 0 spiro atoms. The van der Waals surface area contributed by atoms with Crippen molar-refractivity contribution in [1.29, 1.82) is 0 Å². The van der Waals surface area contributed by atoms with Crippen LogP contribution >= 0.6 is 35.3 Å². The molecule has 0 atom stereocenters. The Morgan fingerprint density at radius 2 is 1.96 bits per heavy atom. The van der Waals surface area contributed by atoms with Crippen LogP contribution < -0.4 is 10.2 Å². The van der Waals surface area contributed by atoms with Gasteiger partial charge < -0.3 is 15.1 Å². The van der Waals surface area contributed by atoms with Gasteiger partial charge in [0, 0.05) is 77.2 Å². The third-order valence-corrected chi connectivity index (χ3v) is 5.70. The summed E-state index contributed by atoms with van der Waals surface area (Å²) in [5, 5.41) is 5.62. The quantitative estimate of drug-likeness (QED) is 0.346. The van der Waals surface area contributed by atoms with E-state index in [1.165, 1.54) is 4.88 Å². The van der Waals surface area contributed by atoms with Gasteiger partial charge in [-0.15, -0.1) is 35.3 Å². The van der Waals surface area contributed by atoms with Gasteiger partial charge in [0.05, 0.1) is 0 Å². The van der Waals surface area contributed by atoms with Crippen LogP contribution in [0.2, 0.25) is 0 Å². The first kappa shape index (κ1) is 22.8. The summed E-state index contributed by atoms with van der Waals surface area (Å²) < 4.78 is 0. The lowest BCUT2D eigenvalue weighted by atomic mass is 10.3. The zero-order chi connectivity index (χ0) is 18.9. The Bertz CT molecular complexity index is 688. The van der Waals surface area contributed by atoms with Gasteiger partial charge in [-0.3, -0.25) is 9.89 Å². The lowest BCUT2D eigenvalue weighted by Crippen LogP contribution is -2.50. The smallest absolute Gasteiger partial charge is 0.225 e. The minimum atomic E-state index is 0. The first-order valence-corrected chi connectivity index (χ1v) is 10.3. The molecule has 2 aromatic rings. The zero-order valence-corrected chi connectivity index (χ0v) is 19.8. The molecular formula is C19H30IN7S. The van der Waals surface area contributed by atoms with Crippen molar-refractivity contribution in [3.8, 4) is 0 Å². The van der Waals surface area contributed by atoms with Crippen LogP contribution in [0.3, 0.4) is 0 Å². The summed E-state index contributed by atoms with van der Waals surface area (Å²) in [5.74, 6) is 1.80. The second kappa shape index (κ2) is 12.2. The zero-order valence-electron chi connectivity index (χ0n) is 16.6. The normalized spacial score (nSPS) is 15.2. The van der Waals surface area contributed by atoms with Gasteiger partial charge in [0.15, 0.2) is 5.96 Å². The SMILES string of the molecule is CN=C(NCCN1CCN(c2ncccn2)CC1)N(C)CCc1cccs1.I. The standard InChI is InChI=1S/C19H29N7S.HI/c1-20-18(24(2)10-6-17-5-3-16-27-17)23-9-11-25-12-14-26(15-13-25)19-21-7-4-8-22-19;/h3-5,7-8,16H,6,9-15H2,1-2H3,(H,20,23);1H. The van der Waals surface area contributed by atoms with Gasteiger partial charge in [0.25, 0.3) is 0 Å². The Morgan fingerprint density at radius 3 is 2.61 bits per heavy atom. The van der Waals surface area contributed by atoms with Crippen LogP contribution in [0.25, 0.3) is 0 Å². The number of nitrogens with zero attached hydrogens (tertiary/aromatic N) is 6. The molecule has 7 nitrogen and oxygen atoms in total. The molecule has 1 saturated heterocycles. The fourth-order valence-corrected chi connectivity index (χ4v) is 3.87. The topological polar surface area (TPSA) is 59.9 Å². The number of guanidine groups is 1. The number of aliphatic imine (C=N–C) groups is 1. The predicted octanol–water partition coefficient (Wildman–Crippen LogP) is 2.03. The van der Waals surface area contributed by atoms with Crippen molar-refractivity contribution in [3.05, 3.63) is 40.8 Å². The highest BCUT2D eigenvalue weighted by Crippen LogP contribution is 2.10. The van der Waals surface area contributed by atoms with Crippen LogP contribution in [0, 0.1) is 0 Å². The number of piperazine rings is 1. The Hall–Kier alpha value is -1.46. The monoisotopic (exact) mass is 515 g/mol. The number of anilines is 1. The average molecular weight is 515 g/mol. The summed E-state index contributed by atoms with van der Waals surface area (Å²) in [5.41, 5.74) is 0. The van der Waals surface area contributed by atoms with E-state index in [9.17, 15) is 0 Å². The summed E-state index contributed by atoms with van der Waals surface area (Å²) >= 11 is 1.81. The number of thiophene rings is 1. The van der Waals surface area contributed by atoms with Gasteiger partial charge in [-0.25, -0.2) is 9.97 Å². The summed E-state index contributed by atoms with van der Waals surface area (Å²) in [6, 6.07) is 6.15. The van der Waals surface area contributed by atoms with Crippen LogP contribution in [0.5, 0.6) is 0 Å². The molecule has 0 bridgehead atoms. The van der Waals surface area contributed by atoms with Crippen molar-refractivity contribution < 1.29 is 0 Å². The molecule has 1 fully saturated rings. The van der Waals surface area contributed by atoms with Crippen LogP contribution in [0.1, 0.15) is 4.88 Å². The summed E-state index contributed by atoms with van der Waals surface area (Å²) in [6.45, 7) is 6.90. The van der Waals surface area contributed by atoms with Crippen LogP contribution in [0.4, 0.5) is 5.95 Å². The molecule has 2 aromatic heterocycles.